The highest BCUT2D eigenvalue weighted by atomic mass is 79.9. The van der Waals surface area contributed by atoms with Gasteiger partial charge in [-0.15, -0.1) is 5.10 Å². The Morgan fingerprint density at radius 2 is 2.00 bits per heavy atom. The summed E-state index contributed by atoms with van der Waals surface area (Å²) in [5, 5.41) is 15.2. The van der Waals surface area contributed by atoms with Crippen molar-refractivity contribution < 1.29 is 5.11 Å². The number of likely N-dealkylation sites (tertiary alicyclic amines) is 1. The molecule has 1 aliphatic heterocycles. The number of hydrogen-bond acceptors (Lipinski definition) is 5. The van der Waals surface area contributed by atoms with E-state index in [1.54, 1.807) is 4.52 Å². The molecule has 1 aliphatic rings. The van der Waals surface area contributed by atoms with Crippen LogP contribution in [0, 0.1) is 18.8 Å². The summed E-state index contributed by atoms with van der Waals surface area (Å²) in [5.41, 5.74) is 1.18. The normalized spacial score (nSPS) is 22.8. The van der Waals surface area contributed by atoms with E-state index in [1.807, 2.05) is 13.0 Å². The SMILES string of the molecule is Cc1nc2sc([C@H](c3cccc(Br)c3)N3C[C@H](C)C[C@@H](C)C3)c(O)n2n1. The van der Waals surface area contributed by atoms with Crippen LogP contribution in [0.5, 0.6) is 5.88 Å². The summed E-state index contributed by atoms with van der Waals surface area (Å²) in [6.45, 7) is 8.51. The number of halogens is 1. The topological polar surface area (TPSA) is 53.7 Å². The quantitative estimate of drug-likeness (QED) is 0.652. The minimum absolute atomic E-state index is 0.00602. The molecule has 0 bridgehead atoms. The number of nitrogens with zero attached hydrogens (tertiary/aromatic N) is 4. The first kappa shape index (κ1) is 17.9. The maximum absolute atomic E-state index is 10.9. The van der Waals surface area contributed by atoms with Crippen molar-refractivity contribution in [3.63, 3.8) is 0 Å². The number of fused-ring (bicyclic) bond motifs is 1. The predicted octanol–water partition coefficient (Wildman–Crippen LogP) is 4.63. The van der Waals surface area contributed by atoms with Gasteiger partial charge in [0.05, 0.1) is 10.9 Å². The summed E-state index contributed by atoms with van der Waals surface area (Å²) >= 11 is 5.13. The van der Waals surface area contributed by atoms with E-state index in [4.69, 9.17) is 0 Å². The summed E-state index contributed by atoms with van der Waals surface area (Å²) in [6, 6.07) is 8.39. The second-order valence-corrected chi connectivity index (χ2v) is 9.43. The number of rotatable bonds is 3. The molecule has 3 heterocycles. The number of piperidine rings is 1. The maximum atomic E-state index is 10.9. The number of thiazole rings is 1. The van der Waals surface area contributed by atoms with Crippen LogP contribution in [0.15, 0.2) is 28.7 Å². The molecule has 0 saturated carbocycles. The van der Waals surface area contributed by atoms with Gasteiger partial charge in [0.2, 0.25) is 10.8 Å². The molecule has 0 aliphatic carbocycles. The fourth-order valence-corrected chi connectivity index (χ4v) is 5.73. The molecular weight excluding hydrogens is 412 g/mol. The first-order valence-electron chi connectivity index (χ1n) is 8.97. The minimum atomic E-state index is 0.00602. The Bertz CT molecular complexity index is 927. The molecule has 4 rings (SSSR count). The lowest BCUT2D eigenvalue weighted by molar-refractivity contribution is 0.112. The number of aromatic nitrogens is 3. The molecule has 138 valence electrons. The highest BCUT2D eigenvalue weighted by Crippen LogP contribution is 2.42. The Morgan fingerprint density at radius 1 is 1.27 bits per heavy atom. The van der Waals surface area contributed by atoms with E-state index >= 15 is 0 Å². The van der Waals surface area contributed by atoms with Crippen molar-refractivity contribution in [2.75, 3.05) is 13.1 Å². The lowest BCUT2D eigenvalue weighted by atomic mass is 9.89. The van der Waals surface area contributed by atoms with E-state index in [0.29, 0.717) is 17.7 Å². The number of hydrogen-bond donors (Lipinski definition) is 1. The molecule has 1 aromatic carbocycles. The first-order valence-corrected chi connectivity index (χ1v) is 10.6. The number of benzene rings is 1. The van der Waals surface area contributed by atoms with E-state index in [-0.39, 0.29) is 11.9 Å². The number of aryl methyl sites for hydroxylation is 1. The van der Waals surface area contributed by atoms with Gasteiger partial charge in [-0.05, 0) is 42.9 Å². The third-order valence-corrected chi connectivity index (χ3v) is 6.55. The zero-order chi connectivity index (χ0) is 18.4. The van der Waals surface area contributed by atoms with Gasteiger partial charge in [-0.1, -0.05) is 53.2 Å². The summed E-state index contributed by atoms with van der Waals surface area (Å²) in [6.07, 6.45) is 1.25. The first-order chi connectivity index (χ1) is 12.4. The van der Waals surface area contributed by atoms with Gasteiger partial charge in [-0.3, -0.25) is 4.90 Å². The molecule has 0 amide bonds. The molecule has 1 fully saturated rings. The van der Waals surface area contributed by atoms with Gasteiger partial charge in [0.25, 0.3) is 0 Å². The van der Waals surface area contributed by atoms with Crippen LogP contribution in [-0.2, 0) is 0 Å². The standard InChI is InChI=1S/C19H23BrN4OS/c1-11-7-12(2)10-23(9-11)16(14-5-4-6-15(20)8-14)17-18(25)24-19(26-17)21-13(3)22-24/h4-6,8,11-12,16,25H,7,9-10H2,1-3H3/t11-,12-,16+/m1/s1. The van der Waals surface area contributed by atoms with E-state index in [9.17, 15) is 5.11 Å². The summed E-state index contributed by atoms with van der Waals surface area (Å²) in [7, 11) is 0. The average molecular weight is 435 g/mol. The third kappa shape index (κ3) is 3.28. The summed E-state index contributed by atoms with van der Waals surface area (Å²) in [5.74, 6) is 2.17. The zero-order valence-electron chi connectivity index (χ0n) is 15.2. The van der Waals surface area contributed by atoms with Gasteiger partial charge in [0.1, 0.15) is 5.82 Å². The summed E-state index contributed by atoms with van der Waals surface area (Å²) < 4.78 is 2.62. The Labute approximate surface area is 165 Å². The lowest BCUT2D eigenvalue weighted by Crippen LogP contribution is -2.41. The van der Waals surface area contributed by atoms with E-state index in [2.05, 4.69) is 63.0 Å². The van der Waals surface area contributed by atoms with Crippen molar-refractivity contribution >= 4 is 32.2 Å². The Balaban J connectivity index is 1.84. The Morgan fingerprint density at radius 3 is 2.65 bits per heavy atom. The molecule has 1 N–H and O–H groups in total. The smallest absolute Gasteiger partial charge is 0.230 e. The fraction of sp³-hybridized carbons (Fsp3) is 0.474. The van der Waals surface area contributed by atoms with Gasteiger partial charge in [0, 0.05) is 17.6 Å². The van der Waals surface area contributed by atoms with Crippen LogP contribution in [0.1, 0.15) is 42.6 Å². The van der Waals surface area contributed by atoms with E-state index < -0.39 is 0 Å². The molecule has 3 atom stereocenters. The molecule has 0 radical (unpaired) electrons. The second kappa shape index (κ2) is 6.94. The van der Waals surface area contributed by atoms with Crippen LogP contribution in [0.2, 0.25) is 0 Å². The largest absolute Gasteiger partial charge is 0.492 e. The Hall–Kier alpha value is -1.44. The van der Waals surface area contributed by atoms with Gasteiger partial charge in [0.15, 0.2) is 0 Å². The average Bonchev–Trinajstić information content (AvgIpc) is 3.05. The van der Waals surface area contributed by atoms with Crippen molar-refractivity contribution in [2.45, 2.75) is 33.2 Å². The molecular formula is C19H23BrN4OS. The molecule has 0 spiro atoms. The third-order valence-electron chi connectivity index (χ3n) is 4.98. The summed E-state index contributed by atoms with van der Waals surface area (Å²) in [4.78, 5) is 8.60. The zero-order valence-corrected chi connectivity index (χ0v) is 17.6. The highest BCUT2D eigenvalue weighted by Gasteiger charge is 2.33. The molecule has 1 saturated heterocycles. The Kier molecular flexibility index (Phi) is 4.79. The molecule has 3 aromatic rings. The van der Waals surface area contributed by atoms with Crippen LogP contribution in [0.25, 0.3) is 4.96 Å². The van der Waals surface area contributed by atoms with Crippen molar-refractivity contribution in [3.8, 4) is 5.88 Å². The van der Waals surface area contributed by atoms with Crippen molar-refractivity contribution in [2.24, 2.45) is 11.8 Å². The molecule has 5 nitrogen and oxygen atoms in total. The van der Waals surface area contributed by atoms with E-state index in [0.717, 1.165) is 27.4 Å². The van der Waals surface area contributed by atoms with Crippen LogP contribution < -0.4 is 0 Å². The minimum Gasteiger partial charge on any atom is -0.492 e. The fourth-order valence-electron chi connectivity index (χ4n) is 4.15. The highest BCUT2D eigenvalue weighted by molar-refractivity contribution is 9.10. The molecule has 26 heavy (non-hydrogen) atoms. The molecule has 2 aromatic heterocycles. The van der Waals surface area contributed by atoms with E-state index in [1.165, 1.54) is 23.3 Å². The van der Waals surface area contributed by atoms with Crippen LogP contribution in [0.3, 0.4) is 0 Å². The van der Waals surface area contributed by atoms with Crippen LogP contribution >= 0.6 is 27.3 Å². The van der Waals surface area contributed by atoms with Gasteiger partial charge in [-0.2, -0.15) is 4.52 Å². The van der Waals surface area contributed by atoms with Crippen molar-refractivity contribution in [1.29, 1.82) is 0 Å². The predicted molar refractivity (Wildman–Crippen MR) is 108 cm³/mol. The van der Waals surface area contributed by atoms with Crippen LogP contribution in [0.4, 0.5) is 0 Å². The lowest BCUT2D eigenvalue weighted by Gasteiger charge is -2.40. The van der Waals surface area contributed by atoms with Crippen molar-refractivity contribution in [3.05, 3.63) is 45.0 Å². The molecule has 0 unspecified atom stereocenters. The van der Waals surface area contributed by atoms with Gasteiger partial charge >= 0.3 is 0 Å². The maximum Gasteiger partial charge on any atom is 0.230 e. The van der Waals surface area contributed by atoms with Crippen molar-refractivity contribution in [1.82, 2.24) is 19.5 Å². The van der Waals surface area contributed by atoms with Crippen LogP contribution in [-0.4, -0.2) is 37.7 Å². The number of aromatic hydroxyl groups is 1. The monoisotopic (exact) mass is 434 g/mol. The molecule has 7 heteroatoms. The van der Waals surface area contributed by atoms with Gasteiger partial charge < -0.3 is 5.11 Å². The van der Waals surface area contributed by atoms with Gasteiger partial charge in [-0.25, -0.2) is 4.98 Å². The second-order valence-electron chi connectivity index (χ2n) is 7.50.